The fourth-order valence-electron chi connectivity index (χ4n) is 2.98. The van der Waals surface area contributed by atoms with Crippen molar-refractivity contribution in [1.29, 1.82) is 0 Å². The molecule has 0 saturated heterocycles. The molecule has 0 unspecified atom stereocenters. The van der Waals surface area contributed by atoms with Crippen LogP contribution in [0.15, 0.2) is 66.9 Å². The molecule has 0 spiro atoms. The Morgan fingerprint density at radius 1 is 1.06 bits per heavy atom. The van der Waals surface area contributed by atoms with Crippen molar-refractivity contribution < 1.29 is 28.0 Å². The molecule has 0 saturated carbocycles. The number of nitrogens with zero attached hydrogens (tertiary/aromatic N) is 3. The second kappa shape index (κ2) is 10.6. The Balaban J connectivity index is 1.48. The summed E-state index contributed by atoms with van der Waals surface area (Å²) in [6.45, 7) is -0.257. The molecule has 36 heavy (non-hydrogen) atoms. The molecule has 0 aliphatic carbocycles. The molecule has 4 aromatic rings. The summed E-state index contributed by atoms with van der Waals surface area (Å²) < 4.78 is 38.8. The predicted octanol–water partition coefficient (Wildman–Crippen LogP) is 6.46. The molecule has 0 radical (unpaired) electrons. The number of carbonyl (C=O) groups excluding carboxylic acids is 1. The standard InChI is InChI=1S/C23H14Cl2F2N4O5/c24-13-1-3-21(18(25)7-13)36-17-10-15(9-16(11-17)31(33)34)28-23(32)20-5-6-30(29-20)12-35-22-4-2-14(26)8-19(22)27/h1-11H,12H2,(H,28,32). The number of hydrogen-bond donors (Lipinski definition) is 1. The summed E-state index contributed by atoms with van der Waals surface area (Å²) in [6.07, 6.45) is 1.40. The smallest absolute Gasteiger partial charge is 0.276 e. The van der Waals surface area contributed by atoms with Crippen LogP contribution < -0.4 is 14.8 Å². The molecule has 0 bridgehead atoms. The van der Waals surface area contributed by atoms with Crippen LogP contribution in [0.1, 0.15) is 10.5 Å². The van der Waals surface area contributed by atoms with E-state index in [4.69, 9.17) is 32.7 Å². The largest absolute Gasteiger partial charge is 0.468 e. The maximum absolute atomic E-state index is 13.7. The molecule has 13 heteroatoms. The van der Waals surface area contributed by atoms with Crippen LogP contribution in [-0.2, 0) is 6.73 Å². The minimum absolute atomic E-state index is 0.0453. The van der Waals surface area contributed by atoms with Crippen molar-refractivity contribution in [2.24, 2.45) is 0 Å². The number of carbonyl (C=O) groups is 1. The number of hydrogen-bond acceptors (Lipinski definition) is 6. The Morgan fingerprint density at radius 3 is 2.56 bits per heavy atom. The summed E-state index contributed by atoms with van der Waals surface area (Å²) in [5, 5.41) is 18.5. The van der Waals surface area contributed by atoms with E-state index in [1.54, 1.807) is 0 Å². The van der Waals surface area contributed by atoms with Crippen LogP contribution in [0.25, 0.3) is 0 Å². The van der Waals surface area contributed by atoms with Crippen LogP contribution in [0.5, 0.6) is 17.2 Å². The lowest BCUT2D eigenvalue weighted by Crippen LogP contribution is -2.14. The highest BCUT2D eigenvalue weighted by Crippen LogP contribution is 2.34. The van der Waals surface area contributed by atoms with Gasteiger partial charge in [0, 0.05) is 29.4 Å². The van der Waals surface area contributed by atoms with Gasteiger partial charge in [-0.3, -0.25) is 14.9 Å². The first kappa shape index (κ1) is 24.9. The summed E-state index contributed by atoms with van der Waals surface area (Å²) in [5.41, 5.74) is -0.325. The van der Waals surface area contributed by atoms with E-state index in [0.717, 1.165) is 18.2 Å². The van der Waals surface area contributed by atoms with Crippen molar-refractivity contribution in [3.05, 3.63) is 104 Å². The second-order valence-electron chi connectivity index (χ2n) is 7.19. The zero-order valence-electron chi connectivity index (χ0n) is 18.0. The van der Waals surface area contributed by atoms with Gasteiger partial charge in [-0.15, -0.1) is 0 Å². The van der Waals surface area contributed by atoms with Gasteiger partial charge in [0.15, 0.2) is 24.0 Å². The number of aromatic nitrogens is 2. The Kier molecular flexibility index (Phi) is 7.32. The third-order valence-corrected chi connectivity index (χ3v) is 5.13. The number of halogens is 4. The number of ether oxygens (including phenoxy) is 2. The number of amides is 1. The summed E-state index contributed by atoms with van der Waals surface area (Å²) in [4.78, 5) is 23.4. The van der Waals surface area contributed by atoms with Gasteiger partial charge in [0.25, 0.3) is 11.6 Å². The van der Waals surface area contributed by atoms with E-state index in [2.05, 4.69) is 10.4 Å². The molecule has 0 atom stereocenters. The number of nitro benzene ring substituents is 1. The van der Waals surface area contributed by atoms with E-state index in [-0.39, 0.29) is 46.1 Å². The van der Waals surface area contributed by atoms with Crippen molar-refractivity contribution in [1.82, 2.24) is 9.78 Å². The van der Waals surface area contributed by atoms with E-state index in [1.807, 2.05) is 0 Å². The number of non-ortho nitro benzene ring substituents is 1. The molecule has 4 rings (SSSR count). The maximum atomic E-state index is 13.7. The number of nitro groups is 1. The first-order valence-electron chi connectivity index (χ1n) is 10.0. The van der Waals surface area contributed by atoms with Crippen LogP contribution >= 0.6 is 23.2 Å². The quantitative estimate of drug-likeness (QED) is 0.205. The predicted molar refractivity (Wildman–Crippen MR) is 127 cm³/mol. The normalized spacial score (nSPS) is 10.7. The number of anilines is 1. The monoisotopic (exact) mass is 534 g/mol. The van der Waals surface area contributed by atoms with Gasteiger partial charge in [0.1, 0.15) is 17.3 Å². The topological polar surface area (TPSA) is 109 Å². The minimum Gasteiger partial charge on any atom is -0.468 e. The summed E-state index contributed by atoms with van der Waals surface area (Å²) >= 11 is 12.0. The first-order chi connectivity index (χ1) is 17.2. The molecular weight excluding hydrogens is 521 g/mol. The van der Waals surface area contributed by atoms with E-state index < -0.39 is 22.5 Å². The molecule has 1 aromatic heterocycles. The Morgan fingerprint density at radius 2 is 1.83 bits per heavy atom. The number of benzene rings is 3. The molecule has 3 aromatic carbocycles. The van der Waals surface area contributed by atoms with Crippen LogP contribution in [-0.4, -0.2) is 20.6 Å². The van der Waals surface area contributed by atoms with Crippen molar-refractivity contribution in [3.63, 3.8) is 0 Å². The van der Waals surface area contributed by atoms with Gasteiger partial charge >= 0.3 is 0 Å². The Labute approximate surface area is 211 Å². The van der Waals surface area contributed by atoms with Gasteiger partial charge in [-0.05, 0) is 36.4 Å². The highest BCUT2D eigenvalue weighted by molar-refractivity contribution is 6.35. The maximum Gasteiger partial charge on any atom is 0.276 e. The molecule has 184 valence electrons. The lowest BCUT2D eigenvalue weighted by Gasteiger charge is -2.10. The van der Waals surface area contributed by atoms with Crippen LogP contribution in [0, 0.1) is 21.7 Å². The Hall–Kier alpha value is -4.22. The summed E-state index contributed by atoms with van der Waals surface area (Å²) in [7, 11) is 0. The van der Waals surface area contributed by atoms with E-state index in [1.165, 1.54) is 47.3 Å². The highest BCUT2D eigenvalue weighted by Gasteiger charge is 2.16. The van der Waals surface area contributed by atoms with Crippen molar-refractivity contribution in [3.8, 4) is 17.2 Å². The van der Waals surface area contributed by atoms with Gasteiger partial charge in [-0.1, -0.05) is 23.2 Å². The number of nitrogens with one attached hydrogen (secondary N) is 1. The van der Waals surface area contributed by atoms with Crippen molar-refractivity contribution in [2.45, 2.75) is 6.73 Å². The second-order valence-corrected chi connectivity index (χ2v) is 8.04. The van der Waals surface area contributed by atoms with Crippen LogP contribution in [0.3, 0.4) is 0 Å². The third kappa shape index (κ3) is 6.06. The molecule has 9 nitrogen and oxygen atoms in total. The van der Waals surface area contributed by atoms with Crippen molar-refractivity contribution >= 4 is 40.5 Å². The highest BCUT2D eigenvalue weighted by atomic mass is 35.5. The molecule has 1 heterocycles. The van der Waals surface area contributed by atoms with Gasteiger partial charge in [0.2, 0.25) is 0 Å². The molecule has 0 aliphatic rings. The SMILES string of the molecule is O=C(Nc1cc(Oc2ccc(Cl)cc2Cl)cc([N+](=O)[O-])c1)c1ccn(COc2ccc(F)cc2F)n1. The van der Waals surface area contributed by atoms with E-state index >= 15 is 0 Å². The van der Waals surface area contributed by atoms with Gasteiger partial charge in [0.05, 0.1) is 21.7 Å². The van der Waals surface area contributed by atoms with Gasteiger partial charge < -0.3 is 14.8 Å². The van der Waals surface area contributed by atoms with E-state index in [0.29, 0.717) is 11.1 Å². The zero-order valence-corrected chi connectivity index (χ0v) is 19.5. The average Bonchev–Trinajstić information content (AvgIpc) is 3.29. The van der Waals surface area contributed by atoms with Gasteiger partial charge in [-0.2, -0.15) is 5.10 Å². The Bertz CT molecular complexity index is 1460. The first-order valence-corrected chi connectivity index (χ1v) is 10.8. The van der Waals surface area contributed by atoms with Crippen molar-refractivity contribution in [2.75, 3.05) is 5.32 Å². The van der Waals surface area contributed by atoms with Crippen LogP contribution in [0.4, 0.5) is 20.2 Å². The fourth-order valence-corrected chi connectivity index (χ4v) is 3.43. The molecule has 1 amide bonds. The molecular formula is C23H14Cl2F2N4O5. The minimum atomic E-state index is -0.885. The molecule has 0 aliphatic heterocycles. The lowest BCUT2D eigenvalue weighted by molar-refractivity contribution is -0.384. The average molecular weight is 535 g/mol. The lowest BCUT2D eigenvalue weighted by atomic mass is 10.2. The molecule has 1 N–H and O–H groups in total. The molecule has 0 fully saturated rings. The van der Waals surface area contributed by atoms with E-state index in [9.17, 15) is 23.7 Å². The van der Waals surface area contributed by atoms with Crippen LogP contribution in [0.2, 0.25) is 10.0 Å². The zero-order chi connectivity index (χ0) is 25.8. The van der Waals surface area contributed by atoms with Gasteiger partial charge in [-0.25, -0.2) is 13.5 Å². The fraction of sp³-hybridized carbons (Fsp3) is 0.0435. The third-order valence-electron chi connectivity index (χ3n) is 4.60. The summed E-state index contributed by atoms with van der Waals surface area (Å²) in [6, 6.07) is 12.4. The summed E-state index contributed by atoms with van der Waals surface area (Å²) in [5.74, 6) is -2.26. The number of rotatable bonds is 8.